The Labute approximate surface area is 144 Å². The number of aliphatic hydroxyl groups is 1. The summed E-state index contributed by atoms with van der Waals surface area (Å²) in [7, 11) is 0. The molecule has 0 unspecified atom stereocenters. The molecule has 0 aromatic carbocycles. The molecule has 0 aliphatic carbocycles. The molecule has 3 heterocycles. The molecule has 136 valence electrons. The van der Waals surface area contributed by atoms with E-state index in [4.69, 9.17) is 9.84 Å². The second-order valence-corrected chi connectivity index (χ2v) is 6.11. The highest BCUT2D eigenvalue weighted by Crippen LogP contribution is 2.34. The van der Waals surface area contributed by atoms with Gasteiger partial charge >= 0.3 is 6.18 Å². The van der Waals surface area contributed by atoms with Crippen molar-refractivity contribution >= 4 is 22.3 Å². The monoisotopic (exact) mass is 376 g/mol. The van der Waals surface area contributed by atoms with Crippen molar-refractivity contribution in [1.82, 2.24) is 20.2 Å². The van der Waals surface area contributed by atoms with Crippen molar-refractivity contribution in [2.24, 2.45) is 0 Å². The first-order chi connectivity index (χ1) is 12.0. The molecular formula is C13H15F3N6O2S. The summed E-state index contributed by atoms with van der Waals surface area (Å²) in [6.45, 7) is 2.11. The fraction of sp³-hybridized carbons (Fsp3) is 0.538. The molecule has 0 saturated carbocycles. The zero-order valence-electron chi connectivity index (χ0n) is 13.0. The normalized spacial score (nSPS) is 15.5. The average Bonchev–Trinajstić information content (AvgIpc) is 3.11. The van der Waals surface area contributed by atoms with Gasteiger partial charge in [-0.3, -0.25) is 4.98 Å². The van der Waals surface area contributed by atoms with Crippen molar-refractivity contribution in [1.29, 1.82) is 0 Å². The topological polar surface area (TPSA) is 87.5 Å². The van der Waals surface area contributed by atoms with Crippen LogP contribution in [0.1, 0.15) is 5.01 Å². The van der Waals surface area contributed by atoms with Crippen LogP contribution in [0.2, 0.25) is 0 Å². The highest BCUT2D eigenvalue weighted by Gasteiger charge is 2.36. The molecule has 2 aromatic heterocycles. The molecule has 0 bridgehead atoms. The third-order valence-electron chi connectivity index (χ3n) is 3.47. The summed E-state index contributed by atoms with van der Waals surface area (Å²) in [4.78, 5) is 12.1. The SMILES string of the molecule is OCCOc1cncc(N2CCN(c3nnc(C(F)(F)F)s3)CC2)n1. The Morgan fingerprint density at radius 3 is 2.48 bits per heavy atom. The van der Waals surface area contributed by atoms with Gasteiger partial charge in [-0.05, 0) is 0 Å². The van der Waals surface area contributed by atoms with Crippen LogP contribution in [0.15, 0.2) is 12.4 Å². The van der Waals surface area contributed by atoms with E-state index >= 15 is 0 Å². The van der Waals surface area contributed by atoms with Gasteiger partial charge in [0.25, 0.3) is 0 Å². The molecule has 12 heteroatoms. The van der Waals surface area contributed by atoms with Gasteiger partial charge in [0.05, 0.1) is 19.0 Å². The quantitative estimate of drug-likeness (QED) is 0.829. The molecule has 3 rings (SSSR count). The van der Waals surface area contributed by atoms with Crippen LogP contribution >= 0.6 is 11.3 Å². The Bertz CT molecular complexity index is 705. The van der Waals surface area contributed by atoms with Crippen molar-refractivity contribution in [2.75, 3.05) is 49.2 Å². The number of alkyl halides is 3. The summed E-state index contributed by atoms with van der Waals surface area (Å²) in [5.74, 6) is 0.927. The standard InChI is InChI=1S/C13H15F3N6O2S/c14-13(15,16)11-19-20-12(25-11)22-3-1-21(2-4-22)9-7-17-8-10(18-9)24-6-5-23/h7-8,23H,1-6H2. The van der Waals surface area contributed by atoms with E-state index in [9.17, 15) is 13.2 Å². The predicted molar refractivity (Wildman–Crippen MR) is 83.9 cm³/mol. The molecule has 0 atom stereocenters. The second kappa shape index (κ2) is 7.35. The summed E-state index contributed by atoms with van der Waals surface area (Å²) in [6, 6.07) is 0. The fourth-order valence-electron chi connectivity index (χ4n) is 2.30. The molecule has 8 nitrogen and oxygen atoms in total. The van der Waals surface area contributed by atoms with Crippen LogP contribution in [-0.4, -0.2) is 64.7 Å². The number of aliphatic hydroxyl groups excluding tert-OH is 1. The van der Waals surface area contributed by atoms with Crippen molar-refractivity contribution < 1.29 is 23.0 Å². The Morgan fingerprint density at radius 2 is 1.84 bits per heavy atom. The molecule has 2 aromatic rings. The van der Waals surface area contributed by atoms with E-state index in [1.165, 1.54) is 6.20 Å². The Hall–Kier alpha value is -2.21. The van der Waals surface area contributed by atoms with Crippen molar-refractivity contribution in [3.8, 4) is 5.88 Å². The first-order valence-corrected chi connectivity index (χ1v) is 8.25. The maximum atomic E-state index is 12.6. The number of nitrogens with zero attached hydrogens (tertiary/aromatic N) is 6. The summed E-state index contributed by atoms with van der Waals surface area (Å²) in [5.41, 5.74) is 0. The number of ether oxygens (including phenoxy) is 1. The van der Waals surface area contributed by atoms with Gasteiger partial charge in [-0.25, -0.2) is 0 Å². The Morgan fingerprint density at radius 1 is 1.12 bits per heavy atom. The Kier molecular flexibility index (Phi) is 5.18. The van der Waals surface area contributed by atoms with Gasteiger partial charge in [0.1, 0.15) is 6.61 Å². The number of anilines is 2. The summed E-state index contributed by atoms with van der Waals surface area (Å²) < 4.78 is 43.1. The summed E-state index contributed by atoms with van der Waals surface area (Å²) >= 11 is 0.543. The van der Waals surface area contributed by atoms with E-state index in [1.54, 1.807) is 11.1 Å². The van der Waals surface area contributed by atoms with Gasteiger partial charge in [-0.2, -0.15) is 18.2 Å². The molecule has 25 heavy (non-hydrogen) atoms. The average molecular weight is 376 g/mol. The van der Waals surface area contributed by atoms with E-state index in [1.807, 2.05) is 4.90 Å². The molecule has 1 fully saturated rings. The lowest BCUT2D eigenvalue weighted by atomic mass is 10.3. The van der Waals surface area contributed by atoms with E-state index in [-0.39, 0.29) is 18.3 Å². The van der Waals surface area contributed by atoms with Gasteiger partial charge in [-0.1, -0.05) is 11.3 Å². The fourth-order valence-corrected chi connectivity index (χ4v) is 3.06. The number of aromatic nitrogens is 4. The maximum absolute atomic E-state index is 12.6. The van der Waals surface area contributed by atoms with E-state index in [0.29, 0.717) is 49.2 Å². The van der Waals surface area contributed by atoms with Crippen LogP contribution in [0.25, 0.3) is 0 Å². The van der Waals surface area contributed by atoms with Gasteiger partial charge in [0.15, 0.2) is 5.82 Å². The number of hydrogen-bond donors (Lipinski definition) is 1. The van der Waals surface area contributed by atoms with Gasteiger partial charge < -0.3 is 19.6 Å². The zero-order valence-corrected chi connectivity index (χ0v) is 13.8. The maximum Gasteiger partial charge on any atom is 0.445 e. The molecule has 1 N–H and O–H groups in total. The van der Waals surface area contributed by atoms with Crippen molar-refractivity contribution in [2.45, 2.75) is 6.18 Å². The molecule has 0 radical (unpaired) electrons. The van der Waals surface area contributed by atoms with E-state index in [2.05, 4.69) is 20.2 Å². The van der Waals surface area contributed by atoms with Crippen LogP contribution in [0.5, 0.6) is 5.88 Å². The lowest BCUT2D eigenvalue weighted by molar-refractivity contribution is -0.138. The number of piperazine rings is 1. The zero-order chi connectivity index (χ0) is 17.9. The third kappa shape index (κ3) is 4.25. The van der Waals surface area contributed by atoms with Gasteiger partial charge in [0, 0.05) is 26.2 Å². The molecule has 1 aliphatic heterocycles. The van der Waals surface area contributed by atoms with Crippen LogP contribution in [0, 0.1) is 0 Å². The Balaban J connectivity index is 1.61. The van der Waals surface area contributed by atoms with Gasteiger partial charge in [-0.15, -0.1) is 10.2 Å². The molecular weight excluding hydrogens is 361 g/mol. The smallest absolute Gasteiger partial charge is 0.445 e. The number of rotatable bonds is 5. The van der Waals surface area contributed by atoms with Crippen LogP contribution < -0.4 is 14.5 Å². The highest BCUT2D eigenvalue weighted by molar-refractivity contribution is 7.15. The molecule has 0 amide bonds. The van der Waals surface area contributed by atoms with Crippen LogP contribution in [0.3, 0.4) is 0 Å². The third-order valence-corrected chi connectivity index (χ3v) is 4.50. The summed E-state index contributed by atoms with van der Waals surface area (Å²) in [5, 5.41) is 14.9. The summed E-state index contributed by atoms with van der Waals surface area (Å²) in [6.07, 6.45) is -1.42. The minimum atomic E-state index is -4.47. The molecule has 1 aliphatic rings. The largest absolute Gasteiger partial charge is 0.474 e. The minimum absolute atomic E-state index is 0.119. The molecule has 0 spiro atoms. The predicted octanol–water partition coefficient (Wildman–Crippen LogP) is 1.04. The number of halogens is 3. The van der Waals surface area contributed by atoms with Crippen molar-refractivity contribution in [3.05, 3.63) is 17.4 Å². The van der Waals surface area contributed by atoms with Crippen LogP contribution in [-0.2, 0) is 6.18 Å². The minimum Gasteiger partial charge on any atom is -0.474 e. The molecule has 1 saturated heterocycles. The lowest BCUT2D eigenvalue weighted by Gasteiger charge is -2.34. The van der Waals surface area contributed by atoms with Gasteiger partial charge in [0.2, 0.25) is 16.0 Å². The number of hydrogen-bond acceptors (Lipinski definition) is 9. The van der Waals surface area contributed by atoms with Crippen LogP contribution in [0.4, 0.5) is 24.1 Å². The highest BCUT2D eigenvalue weighted by atomic mass is 32.1. The second-order valence-electron chi connectivity index (χ2n) is 5.15. The van der Waals surface area contributed by atoms with E-state index < -0.39 is 11.2 Å². The van der Waals surface area contributed by atoms with E-state index in [0.717, 1.165) is 0 Å². The first kappa shape index (κ1) is 17.6. The van der Waals surface area contributed by atoms with Crippen molar-refractivity contribution in [3.63, 3.8) is 0 Å². The lowest BCUT2D eigenvalue weighted by Crippen LogP contribution is -2.46. The first-order valence-electron chi connectivity index (χ1n) is 7.43.